The van der Waals surface area contributed by atoms with Crippen LogP contribution in [-0.4, -0.2) is 75.3 Å². The number of carbonyl (C=O) groups is 2. The van der Waals surface area contributed by atoms with Crippen LogP contribution in [0.3, 0.4) is 0 Å². The van der Waals surface area contributed by atoms with E-state index in [9.17, 15) is 19.8 Å². The summed E-state index contributed by atoms with van der Waals surface area (Å²) in [7, 11) is 2.07. The van der Waals surface area contributed by atoms with Crippen molar-refractivity contribution in [3.8, 4) is 5.88 Å². The molecule has 2 heterocycles. The fourth-order valence-corrected chi connectivity index (χ4v) is 4.64. The van der Waals surface area contributed by atoms with Gasteiger partial charge in [-0.15, -0.1) is 0 Å². The van der Waals surface area contributed by atoms with Crippen LogP contribution in [-0.2, 0) is 0 Å². The first-order valence-electron chi connectivity index (χ1n) is 12.1. The second-order valence-electron chi connectivity index (χ2n) is 9.37. The van der Waals surface area contributed by atoms with Gasteiger partial charge < -0.3 is 25.0 Å². The van der Waals surface area contributed by atoms with Crippen LogP contribution in [0.1, 0.15) is 38.8 Å². The first kappa shape index (κ1) is 24.3. The van der Waals surface area contributed by atoms with E-state index in [1.165, 1.54) is 12.1 Å². The number of aromatic hydroxyl groups is 1. The molecule has 1 unspecified atom stereocenters. The number of amides is 1. The van der Waals surface area contributed by atoms with Crippen molar-refractivity contribution in [2.75, 3.05) is 26.7 Å². The molecule has 1 aliphatic rings. The van der Waals surface area contributed by atoms with Crippen LogP contribution >= 0.6 is 0 Å². The van der Waals surface area contributed by atoms with E-state index in [0.717, 1.165) is 12.1 Å². The molecular weight excluding hydrogens is 468 g/mol. The topological polar surface area (TPSA) is 109 Å². The highest BCUT2D eigenvalue weighted by molar-refractivity contribution is 6.22. The van der Waals surface area contributed by atoms with E-state index in [-0.39, 0.29) is 17.4 Å². The molecule has 4 aromatic rings. The van der Waals surface area contributed by atoms with Gasteiger partial charge in [-0.3, -0.25) is 4.79 Å². The maximum Gasteiger partial charge on any atom is 0.335 e. The van der Waals surface area contributed by atoms with Gasteiger partial charge in [0.2, 0.25) is 0 Å². The molecule has 0 saturated carbocycles. The molecule has 1 atom stereocenters. The Morgan fingerprint density at radius 2 is 1.65 bits per heavy atom. The van der Waals surface area contributed by atoms with E-state index in [0.29, 0.717) is 52.6 Å². The van der Waals surface area contributed by atoms with Crippen LogP contribution in [0, 0.1) is 0 Å². The first-order valence-corrected chi connectivity index (χ1v) is 12.1. The van der Waals surface area contributed by atoms with Gasteiger partial charge in [-0.2, -0.15) is 0 Å². The zero-order valence-electron chi connectivity index (χ0n) is 20.7. The lowest BCUT2D eigenvalue weighted by Gasteiger charge is -2.37. The first-order chi connectivity index (χ1) is 17.8. The van der Waals surface area contributed by atoms with Gasteiger partial charge in [0.15, 0.2) is 5.88 Å². The van der Waals surface area contributed by atoms with E-state index < -0.39 is 5.97 Å². The third-order valence-electron chi connectivity index (χ3n) is 6.91. The Bertz CT molecular complexity index is 1490. The summed E-state index contributed by atoms with van der Waals surface area (Å²) in [6.07, 6.45) is 0. The molecule has 0 bridgehead atoms. The Morgan fingerprint density at radius 1 is 0.946 bits per heavy atom. The molecule has 8 nitrogen and oxygen atoms in total. The van der Waals surface area contributed by atoms with Crippen LogP contribution in [0.2, 0.25) is 0 Å². The van der Waals surface area contributed by atoms with Gasteiger partial charge in [0, 0.05) is 47.7 Å². The molecule has 188 valence electrons. The van der Waals surface area contributed by atoms with Crippen molar-refractivity contribution < 1.29 is 19.8 Å². The summed E-state index contributed by atoms with van der Waals surface area (Å²) >= 11 is 0. The van der Waals surface area contributed by atoms with Crippen LogP contribution in [0.15, 0.2) is 77.8 Å². The average Bonchev–Trinajstić information content (AvgIpc) is 3.24. The molecule has 1 amide bonds. The lowest BCUT2D eigenvalue weighted by molar-refractivity contribution is 0.0572. The number of aromatic amines is 1. The maximum atomic E-state index is 13.1. The van der Waals surface area contributed by atoms with Gasteiger partial charge in [0.25, 0.3) is 5.91 Å². The fourth-order valence-electron chi connectivity index (χ4n) is 4.64. The molecular formula is C29H28N4O4. The largest absolute Gasteiger partial charge is 0.494 e. The Balaban J connectivity index is 1.52. The zero-order valence-corrected chi connectivity index (χ0v) is 20.7. The lowest BCUT2D eigenvalue weighted by Crippen LogP contribution is -2.51. The molecule has 1 aliphatic heterocycles. The number of carbonyl (C=O) groups excluding carboxylic acids is 1. The van der Waals surface area contributed by atoms with E-state index in [2.05, 4.69) is 23.9 Å². The lowest BCUT2D eigenvalue weighted by atomic mass is 10.00. The van der Waals surface area contributed by atoms with Crippen LogP contribution in [0.25, 0.3) is 10.9 Å². The molecule has 1 fully saturated rings. The highest BCUT2D eigenvalue weighted by Gasteiger charge is 2.25. The minimum Gasteiger partial charge on any atom is -0.494 e. The third kappa shape index (κ3) is 4.83. The van der Waals surface area contributed by atoms with Gasteiger partial charge in [-0.25, -0.2) is 9.79 Å². The number of nitrogens with zero attached hydrogens (tertiary/aromatic N) is 3. The van der Waals surface area contributed by atoms with Crippen molar-refractivity contribution in [2.24, 2.45) is 4.99 Å². The molecule has 8 heteroatoms. The number of hydrogen-bond donors (Lipinski definition) is 3. The summed E-state index contributed by atoms with van der Waals surface area (Å²) in [6.45, 7) is 4.35. The molecule has 3 N–H and O–H groups in total. The molecule has 37 heavy (non-hydrogen) atoms. The van der Waals surface area contributed by atoms with E-state index in [1.54, 1.807) is 30.3 Å². The summed E-state index contributed by atoms with van der Waals surface area (Å²) in [4.78, 5) is 36.3. The number of H-pyrrole nitrogens is 1. The van der Waals surface area contributed by atoms with Crippen LogP contribution in [0.5, 0.6) is 5.88 Å². The van der Waals surface area contributed by atoms with Crippen molar-refractivity contribution in [3.63, 3.8) is 0 Å². The zero-order chi connectivity index (χ0) is 26.1. The van der Waals surface area contributed by atoms with Gasteiger partial charge in [0.05, 0.1) is 22.5 Å². The SMILES string of the molecule is CC1CN(C(=O)c2ccc(N=C(c3ccccc3)c3c(O)[nH]c4cc(C(=O)O)ccc34)cc2)CCN1C. The molecule has 1 aromatic heterocycles. The second kappa shape index (κ2) is 9.91. The summed E-state index contributed by atoms with van der Waals surface area (Å²) in [5.74, 6) is -1.14. The Labute approximate surface area is 214 Å². The normalized spacial score (nSPS) is 16.8. The molecule has 0 aliphatic carbocycles. The molecule has 1 saturated heterocycles. The minimum atomic E-state index is -1.05. The quantitative estimate of drug-likeness (QED) is 0.352. The summed E-state index contributed by atoms with van der Waals surface area (Å²) < 4.78 is 0. The highest BCUT2D eigenvalue weighted by Crippen LogP contribution is 2.32. The number of rotatable bonds is 5. The number of hydrogen-bond acceptors (Lipinski definition) is 5. The Kier molecular flexibility index (Phi) is 6.50. The van der Waals surface area contributed by atoms with Crippen LogP contribution in [0.4, 0.5) is 5.69 Å². The number of aromatic carboxylic acids is 1. The third-order valence-corrected chi connectivity index (χ3v) is 6.91. The van der Waals surface area contributed by atoms with Gasteiger partial charge in [0.1, 0.15) is 0 Å². The number of piperazine rings is 1. The van der Waals surface area contributed by atoms with E-state index >= 15 is 0 Å². The van der Waals surface area contributed by atoms with Crippen LogP contribution < -0.4 is 0 Å². The Hall–Kier alpha value is -4.43. The highest BCUT2D eigenvalue weighted by atomic mass is 16.4. The van der Waals surface area contributed by atoms with Crippen molar-refractivity contribution in [1.29, 1.82) is 0 Å². The number of carboxylic acid groups (broad SMARTS) is 1. The van der Waals surface area contributed by atoms with Crippen molar-refractivity contribution in [3.05, 3.63) is 95.1 Å². The fraction of sp³-hybridized carbons (Fsp3) is 0.207. The Morgan fingerprint density at radius 3 is 2.32 bits per heavy atom. The molecule has 0 radical (unpaired) electrons. The maximum absolute atomic E-state index is 13.1. The van der Waals surface area contributed by atoms with Crippen molar-refractivity contribution >= 4 is 34.2 Å². The second-order valence-corrected chi connectivity index (χ2v) is 9.37. The van der Waals surface area contributed by atoms with Gasteiger partial charge in [-0.1, -0.05) is 36.4 Å². The smallest absolute Gasteiger partial charge is 0.335 e. The summed E-state index contributed by atoms with van der Waals surface area (Å²) in [6, 6.07) is 21.6. The number of benzene rings is 3. The monoisotopic (exact) mass is 496 g/mol. The number of fused-ring (bicyclic) bond motifs is 1. The number of nitrogens with one attached hydrogen (secondary N) is 1. The van der Waals surface area contributed by atoms with Gasteiger partial charge >= 0.3 is 5.97 Å². The standard InChI is InChI=1S/C29H28N4O4/c1-18-17-33(15-14-32(18)2)28(35)20-8-11-22(12-9-20)30-26(19-6-4-3-5-7-19)25-23-13-10-21(29(36)37)16-24(23)31-27(25)34/h3-13,16,18,31,34H,14-15,17H2,1-2H3,(H,36,37). The predicted octanol–water partition coefficient (Wildman–Crippen LogP) is 4.52. The van der Waals surface area contributed by atoms with E-state index in [1.807, 2.05) is 35.2 Å². The molecule has 0 spiro atoms. The van der Waals surface area contributed by atoms with Crippen molar-refractivity contribution in [1.82, 2.24) is 14.8 Å². The number of carboxylic acids is 1. The summed E-state index contributed by atoms with van der Waals surface area (Å²) in [5, 5.41) is 20.8. The minimum absolute atomic E-state index is 0.00210. The van der Waals surface area contributed by atoms with Gasteiger partial charge in [-0.05, 0) is 50.4 Å². The van der Waals surface area contributed by atoms with E-state index in [4.69, 9.17) is 4.99 Å². The number of likely N-dealkylation sites (N-methyl/N-ethyl adjacent to an activating group) is 1. The molecule has 5 rings (SSSR count). The number of aromatic nitrogens is 1. The number of aliphatic imine (C=N–C) groups is 1. The van der Waals surface area contributed by atoms with Crippen molar-refractivity contribution in [2.45, 2.75) is 13.0 Å². The summed E-state index contributed by atoms with van der Waals surface area (Å²) in [5.41, 5.74) is 3.63. The predicted molar refractivity (Wildman–Crippen MR) is 143 cm³/mol. The molecule has 3 aromatic carbocycles. The average molecular weight is 497 g/mol.